The van der Waals surface area contributed by atoms with Crippen molar-refractivity contribution in [1.29, 1.82) is 0 Å². The lowest BCUT2D eigenvalue weighted by Crippen LogP contribution is -2.39. The first-order chi connectivity index (χ1) is 13.6. The maximum atomic E-state index is 13.0. The minimum absolute atomic E-state index is 0.0295. The molecule has 0 aliphatic carbocycles. The predicted molar refractivity (Wildman–Crippen MR) is 111 cm³/mol. The molecule has 0 radical (unpaired) electrons. The van der Waals surface area contributed by atoms with Crippen molar-refractivity contribution < 1.29 is 18.1 Å². The predicted octanol–water partition coefficient (Wildman–Crippen LogP) is 2.32. The fourth-order valence-electron chi connectivity index (χ4n) is 3.61. The highest BCUT2D eigenvalue weighted by molar-refractivity contribution is 7.89. The number of rotatable bonds is 8. The van der Waals surface area contributed by atoms with Gasteiger partial charge in [-0.2, -0.15) is 4.31 Å². The maximum absolute atomic E-state index is 13.0. The molecule has 0 N–H and O–H groups in total. The number of benzene rings is 1. The van der Waals surface area contributed by atoms with Crippen LogP contribution in [0.5, 0.6) is 0 Å². The topological polar surface area (TPSA) is 104 Å². The molecule has 1 aliphatic rings. The van der Waals surface area contributed by atoms with Crippen molar-refractivity contribution in [1.82, 2.24) is 9.21 Å². The number of amides is 1. The summed E-state index contributed by atoms with van der Waals surface area (Å²) in [7, 11) is -2.22. The Labute approximate surface area is 172 Å². The van der Waals surface area contributed by atoms with E-state index in [4.69, 9.17) is 0 Å². The highest BCUT2D eigenvalue weighted by Gasteiger charge is 2.31. The first-order valence-electron chi connectivity index (χ1n) is 9.89. The van der Waals surface area contributed by atoms with Gasteiger partial charge in [0.05, 0.1) is 16.4 Å². The average molecular weight is 427 g/mol. The van der Waals surface area contributed by atoms with Gasteiger partial charge in [-0.05, 0) is 44.7 Å². The van der Waals surface area contributed by atoms with Gasteiger partial charge >= 0.3 is 0 Å². The molecule has 1 aromatic carbocycles. The van der Waals surface area contributed by atoms with Crippen molar-refractivity contribution in [3.63, 3.8) is 0 Å². The summed E-state index contributed by atoms with van der Waals surface area (Å²) < 4.78 is 27.3. The molecule has 0 saturated carbocycles. The van der Waals surface area contributed by atoms with Gasteiger partial charge in [-0.25, -0.2) is 8.42 Å². The van der Waals surface area contributed by atoms with Gasteiger partial charge in [0.2, 0.25) is 15.9 Å². The second-order valence-electron chi connectivity index (χ2n) is 7.44. The van der Waals surface area contributed by atoms with Gasteiger partial charge in [-0.3, -0.25) is 14.9 Å². The number of nitro benzene ring substituents is 1. The summed E-state index contributed by atoms with van der Waals surface area (Å²) >= 11 is 0. The molecule has 0 bridgehead atoms. The van der Waals surface area contributed by atoms with Crippen molar-refractivity contribution in [2.45, 2.75) is 38.5 Å². The normalized spacial score (nSPS) is 17.7. The summed E-state index contributed by atoms with van der Waals surface area (Å²) in [6.45, 7) is 7.63. The van der Waals surface area contributed by atoms with Gasteiger partial charge < -0.3 is 9.80 Å². The van der Waals surface area contributed by atoms with E-state index < -0.39 is 14.9 Å². The Morgan fingerprint density at radius 2 is 1.97 bits per heavy atom. The summed E-state index contributed by atoms with van der Waals surface area (Å²) in [5.74, 6) is 0.107. The van der Waals surface area contributed by atoms with Crippen LogP contribution in [0, 0.1) is 16.0 Å². The van der Waals surface area contributed by atoms with Crippen LogP contribution < -0.4 is 4.90 Å². The Hall–Kier alpha value is -2.20. The van der Waals surface area contributed by atoms with Gasteiger partial charge in [-0.15, -0.1) is 0 Å². The van der Waals surface area contributed by atoms with E-state index in [1.54, 1.807) is 11.9 Å². The zero-order valence-corrected chi connectivity index (χ0v) is 18.3. The molecular formula is C19H30N4O5S. The van der Waals surface area contributed by atoms with Gasteiger partial charge in [0.1, 0.15) is 5.69 Å². The second kappa shape index (κ2) is 9.53. The summed E-state index contributed by atoms with van der Waals surface area (Å²) in [5.41, 5.74) is -0.118. The molecule has 1 atom stereocenters. The third-order valence-electron chi connectivity index (χ3n) is 5.30. The largest absolute Gasteiger partial charge is 0.360 e. The smallest absolute Gasteiger partial charge is 0.293 e. The Balaban J connectivity index is 2.33. The molecule has 10 heteroatoms. The number of anilines is 1. The van der Waals surface area contributed by atoms with E-state index in [0.29, 0.717) is 26.2 Å². The van der Waals surface area contributed by atoms with E-state index in [1.165, 1.54) is 21.3 Å². The Bertz CT molecular complexity index is 854. The summed E-state index contributed by atoms with van der Waals surface area (Å²) in [6.07, 6.45) is 1.74. The number of hydrogen-bond acceptors (Lipinski definition) is 6. The molecule has 0 spiro atoms. The van der Waals surface area contributed by atoms with Crippen LogP contribution in [0.2, 0.25) is 0 Å². The lowest BCUT2D eigenvalue weighted by Gasteiger charge is -2.30. The van der Waals surface area contributed by atoms with Crippen LogP contribution in [-0.4, -0.2) is 68.2 Å². The van der Waals surface area contributed by atoms with E-state index >= 15 is 0 Å². The highest BCUT2D eigenvalue weighted by Crippen LogP contribution is 2.32. The molecular weight excluding hydrogens is 396 g/mol. The van der Waals surface area contributed by atoms with Gasteiger partial charge in [0.25, 0.3) is 5.69 Å². The second-order valence-corrected chi connectivity index (χ2v) is 9.38. The lowest BCUT2D eigenvalue weighted by molar-refractivity contribution is -0.384. The van der Waals surface area contributed by atoms with E-state index in [9.17, 15) is 23.3 Å². The number of piperidine rings is 1. The maximum Gasteiger partial charge on any atom is 0.293 e. The van der Waals surface area contributed by atoms with Crippen LogP contribution in [0.1, 0.15) is 33.6 Å². The Kier molecular flexibility index (Phi) is 7.59. The average Bonchev–Trinajstić information content (AvgIpc) is 2.68. The van der Waals surface area contributed by atoms with E-state index in [2.05, 4.69) is 0 Å². The molecule has 162 valence electrons. The number of carbonyl (C=O) groups excluding carboxylic acids is 1. The number of hydrogen-bond donors (Lipinski definition) is 0. The fraction of sp³-hybridized carbons (Fsp3) is 0.632. The van der Waals surface area contributed by atoms with Crippen molar-refractivity contribution in [2.75, 3.05) is 44.7 Å². The zero-order chi connectivity index (χ0) is 21.8. The minimum Gasteiger partial charge on any atom is -0.360 e. The molecule has 29 heavy (non-hydrogen) atoms. The Morgan fingerprint density at radius 3 is 2.52 bits per heavy atom. The molecule has 2 rings (SSSR count). The molecule has 0 aromatic heterocycles. The molecule has 1 fully saturated rings. The van der Waals surface area contributed by atoms with Crippen LogP contribution in [0.15, 0.2) is 23.1 Å². The summed E-state index contributed by atoms with van der Waals surface area (Å²) in [5, 5.41) is 11.6. The zero-order valence-electron chi connectivity index (χ0n) is 17.5. The first kappa shape index (κ1) is 23.1. The van der Waals surface area contributed by atoms with Gasteiger partial charge in [0.15, 0.2) is 0 Å². The number of nitrogens with zero attached hydrogens (tertiary/aromatic N) is 4. The first-order valence-corrected chi connectivity index (χ1v) is 11.3. The van der Waals surface area contributed by atoms with Crippen LogP contribution >= 0.6 is 0 Å². The number of carbonyl (C=O) groups is 1. The molecule has 1 amide bonds. The number of nitro groups is 1. The molecule has 1 heterocycles. The molecule has 1 aliphatic heterocycles. The number of likely N-dealkylation sites (N-methyl/N-ethyl adjacent to an activating group) is 2. The van der Waals surface area contributed by atoms with E-state index in [-0.39, 0.29) is 34.6 Å². The third kappa shape index (κ3) is 5.24. The van der Waals surface area contributed by atoms with Crippen LogP contribution in [0.3, 0.4) is 0 Å². The molecule has 9 nitrogen and oxygen atoms in total. The van der Waals surface area contributed by atoms with Crippen molar-refractivity contribution in [2.24, 2.45) is 5.92 Å². The standard InChI is InChI=1S/C19H30N4O5S/c1-5-21(6-2)19(24)14-20(4)17-10-9-16(12-18(17)23(25)26)29(27,28)22-11-7-8-15(3)13-22/h9-10,12,15H,5-8,11,13-14H2,1-4H3/t15-/m0/s1. The van der Waals surface area contributed by atoms with Gasteiger partial charge in [0, 0.05) is 39.3 Å². The minimum atomic E-state index is -3.80. The Morgan fingerprint density at radius 1 is 1.31 bits per heavy atom. The lowest BCUT2D eigenvalue weighted by atomic mass is 10.0. The summed E-state index contributed by atoms with van der Waals surface area (Å²) in [6, 6.07) is 3.89. The fourth-order valence-corrected chi connectivity index (χ4v) is 5.23. The number of sulfonamides is 1. The SMILES string of the molecule is CCN(CC)C(=O)CN(C)c1ccc(S(=O)(=O)N2CCC[C@H](C)C2)cc1[N+](=O)[O-]. The van der Waals surface area contributed by atoms with Crippen molar-refractivity contribution in [3.05, 3.63) is 28.3 Å². The summed E-state index contributed by atoms with van der Waals surface area (Å²) in [4.78, 5) is 26.4. The van der Waals surface area contributed by atoms with Crippen molar-refractivity contribution in [3.8, 4) is 0 Å². The molecule has 1 saturated heterocycles. The van der Waals surface area contributed by atoms with Crippen LogP contribution in [0.4, 0.5) is 11.4 Å². The van der Waals surface area contributed by atoms with Crippen LogP contribution in [-0.2, 0) is 14.8 Å². The monoisotopic (exact) mass is 426 g/mol. The van der Waals surface area contributed by atoms with Crippen molar-refractivity contribution >= 4 is 27.3 Å². The molecule has 1 aromatic rings. The molecule has 0 unspecified atom stereocenters. The third-order valence-corrected chi connectivity index (χ3v) is 7.16. The highest BCUT2D eigenvalue weighted by atomic mass is 32.2. The van der Waals surface area contributed by atoms with E-state index in [0.717, 1.165) is 18.9 Å². The quantitative estimate of drug-likeness (QED) is 0.467. The van der Waals surface area contributed by atoms with Crippen LogP contribution in [0.25, 0.3) is 0 Å². The van der Waals surface area contributed by atoms with Gasteiger partial charge in [-0.1, -0.05) is 6.92 Å². The van der Waals surface area contributed by atoms with E-state index in [1.807, 2.05) is 20.8 Å².